The Labute approximate surface area is 199 Å². The standard InChI is InChI=1S/C27H29N3O4/c1-34-27(33)22-13-8-14-24(31)25(22)28-19-23(26(32)20-9-4-2-5-10-20)30-17-15-29(16-18-30)21-11-6-3-7-12-21/h2-14,23,28,31H,15-19H2,1H3. The lowest BCUT2D eigenvalue weighted by atomic mass is 10.0. The van der Waals surface area contributed by atoms with Crippen LogP contribution in [0.4, 0.5) is 11.4 Å². The fourth-order valence-corrected chi connectivity index (χ4v) is 4.32. The zero-order valence-electron chi connectivity index (χ0n) is 19.2. The maximum absolute atomic E-state index is 13.5. The number of ether oxygens (including phenoxy) is 1. The second-order valence-electron chi connectivity index (χ2n) is 8.18. The van der Waals surface area contributed by atoms with E-state index in [0.717, 1.165) is 13.1 Å². The molecule has 0 aliphatic carbocycles. The summed E-state index contributed by atoms with van der Waals surface area (Å²) >= 11 is 0. The van der Waals surface area contributed by atoms with E-state index in [1.165, 1.54) is 18.9 Å². The van der Waals surface area contributed by atoms with Crippen LogP contribution in [0.15, 0.2) is 78.9 Å². The van der Waals surface area contributed by atoms with E-state index in [2.05, 4.69) is 27.2 Å². The second kappa shape index (κ2) is 10.9. The summed E-state index contributed by atoms with van der Waals surface area (Å²) in [6.07, 6.45) is 0. The van der Waals surface area contributed by atoms with Crippen LogP contribution in [0, 0.1) is 0 Å². The van der Waals surface area contributed by atoms with E-state index in [-0.39, 0.29) is 29.3 Å². The molecule has 0 bridgehead atoms. The number of piperazine rings is 1. The highest BCUT2D eigenvalue weighted by molar-refractivity contribution is 6.01. The molecular formula is C27H29N3O4. The zero-order chi connectivity index (χ0) is 23.9. The number of nitrogens with one attached hydrogen (secondary N) is 1. The summed E-state index contributed by atoms with van der Waals surface area (Å²) in [5.74, 6) is -0.625. The van der Waals surface area contributed by atoms with Crippen molar-refractivity contribution in [3.05, 3.63) is 90.0 Å². The molecule has 176 valence electrons. The van der Waals surface area contributed by atoms with Gasteiger partial charge in [-0.3, -0.25) is 9.69 Å². The molecule has 34 heavy (non-hydrogen) atoms. The summed E-state index contributed by atoms with van der Waals surface area (Å²) in [7, 11) is 1.30. The number of carbonyl (C=O) groups excluding carboxylic acids is 2. The lowest BCUT2D eigenvalue weighted by molar-refractivity contribution is 0.0601. The van der Waals surface area contributed by atoms with Crippen LogP contribution in [0.3, 0.4) is 0 Å². The number of nitrogens with zero attached hydrogens (tertiary/aromatic N) is 2. The minimum absolute atomic E-state index is 0.00343. The zero-order valence-corrected chi connectivity index (χ0v) is 19.2. The Balaban J connectivity index is 1.54. The van der Waals surface area contributed by atoms with E-state index in [1.54, 1.807) is 12.1 Å². The number of Topliss-reactive ketones (excluding diaryl/α,β-unsaturated/α-hetero) is 1. The molecule has 1 heterocycles. The van der Waals surface area contributed by atoms with Gasteiger partial charge in [-0.15, -0.1) is 0 Å². The van der Waals surface area contributed by atoms with Crippen molar-refractivity contribution in [2.75, 3.05) is 50.1 Å². The van der Waals surface area contributed by atoms with Crippen LogP contribution in [0.2, 0.25) is 0 Å². The molecule has 1 saturated heterocycles. The van der Waals surface area contributed by atoms with Gasteiger partial charge >= 0.3 is 5.97 Å². The van der Waals surface area contributed by atoms with Gasteiger partial charge in [0.25, 0.3) is 0 Å². The number of benzene rings is 3. The molecule has 1 aliphatic heterocycles. The number of hydrogen-bond acceptors (Lipinski definition) is 7. The van der Waals surface area contributed by atoms with Crippen molar-refractivity contribution >= 4 is 23.1 Å². The minimum atomic E-state index is -0.555. The van der Waals surface area contributed by atoms with Gasteiger partial charge in [0.1, 0.15) is 5.75 Å². The predicted octanol–water partition coefficient (Wildman–Crippen LogP) is 3.66. The Bertz CT molecular complexity index is 1110. The maximum atomic E-state index is 13.5. The number of methoxy groups -OCH3 is 1. The molecule has 7 heteroatoms. The van der Waals surface area contributed by atoms with Gasteiger partial charge in [-0.05, 0) is 24.3 Å². The SMILES string of the molecule is COC(=O)c1cccc(O)c1NCC(C(=O)c1ccccc1)N1CCN(c2ccccc2)CC1. The van der Waals surface area contributed by atoms with Crippen LogP contribution in [0.1, 0.15) is 20.7 Å². The van der Waals surface area contributed by atoms with E-state index in [0.29, 0.717) is 18.7 Å². The average Bonchev–Trinajstić information content (AvgIpc) is 2.90. The summed E-state index contributed by atoms with van der Waals surface area (Å²) in [6.45, 7) is 3.26. The normalized spacial score (nSPS) is 14.9. The monoisotopic (exact) mass is 459 g/mol. The van der Waals surface area contributed by atoms with Gasteiger partial charge in [-0.1, -0.05) is 54.6 Å². The van der Waals surface area contributed by atoms with Crippen LogP contribution >= 0.6 is 0 Å². The van der Waals surface area contributed by atoms with Gasteiger partial charge in [-0.2, -0.15) is 0 Å². The number of hydrogen-bond donors (Lipinski definition) is 2. The van der Waals surface area contributed by atoms with Crippen molar-refractivity contribution in [3.63, 3.8) is 0 Å². The van der Waals surface area contributed by atoms with Gasteiger partial charge in [-0.25, -0.2) is 4.79 Å². The van der Waals surface area contributed by atoms with Gasteiger partial charge < -0.3 is 20.1 Å². The number of para-hydroxylation sites is 2. The molecule has 0 amide bonds. The third kappa shape index (κ3) is 5.21. The number of aromatic hydroxyl groups is 1. The van der Waals surface area contributed by atoms with Crippen LogP contribution in [-0.4, -0.2) is 67.6 Å². The van der Waals surface area contributed by atoms with E-state index in [4.69, 9.17) is 4.74 Å². The van der Waals surface area contributed by atoms with Crippen molar-refractivity contribution in [2.45, 2.75) is 6.04 Å². The number of rotatable bonds is 8. The van der Waals surface area contributed by atoms with E-state index < -0.39 is 12.0 Å². The topological polar surface area (TPSA) is 82.1 Å². The fraction of sp³-hybridized carbons (Fsp3) is 0.259. The van der Waals surface area contributed by atoms with Gasteiger partial charge in [0.2, 0.25) is 0 Å². The molecule has 0 radical (unpaired) electrons. The molecule has 0 spiro atoms. The number of esters is 1. The van der Waals surface area contributed by atoms with E-state index in [1.807, 2.05) is 48.5 Å². The molecule has 3 aromatic carbocycles. The summed E-state index contributed by atoms with van der Waals surface area (Å²) in [5, 5.41) is 13.6. The highest BCUT2D eigenvalue weighted by atomic mass is 16.5. The van der Waals surface area contributed by atoms with Crippen LogP contribution in [-0.2, 0) is 4.74 Å². The molecule has 3 aromatic rings. The summed E-state index contributed by atoms with van der Waals surface area (Å²) < 4.78 is 4.85. The molecule has 2 N–H and O–H groups in total. The van der Waals surface area contributed by atoms with Crippen molar-refractivity contribution in [1.29, 1.82) is 0 Å². The second-order valence-corrected chi connectivity index (χ2v) is 8.18. The number of phenolic OH excluding ortho intramolecular Hbond substituents is 1. The molecule has 1 unspecified atom stereocenters. The van der Waals surface area contributed by atoms with Gasteiger partial charge in [0.05, 0.1) is 24.4 Å². The molecule has 4 rings (SSSR count). The lowest BCUT2D eigenvalue weighted by Gasteiger charge is -2.40. The first-order chi connectivity index (χ1) is 16.6. The van der Waals surface area contributed by atoms with Crippen LogP contribution in [0.25, 0.3) is 0 Å². The summed E-state index contributed by atoms with van der Waals surface area (Å²) in [5.41, 5.74) is 2.29. The van der Waals surface area contributed by atoms with E-state index in [9.17, 15) is 14.7 Å². The first-order valence-electron chi connectivity index (χ1n) is 11.4. The van der Waals surface area contributed by atoms with Crippen molar-refractivity contribution < 1.29 is 19.4 Å². The first kappa shape index (κ1) is 23.3. The Kier molecular flexibility index (Phi) is 7.44. The quantitative estimate of drug-likeness (QED) is 0.302. The summed E-state index contributed by atoms with van der Waals surface area (Å²) in [6, 6.07) is 23.7. The number of carbonyl (C=O) groups is 2. The van der Waals surface area contributed by atoms with Gasteiger partial charge in [0.15, 0.2) is 5.78 Å². The third-order valence-corrected chi connectivity index (χ3v) is 6.16. The number of ketones is 1. The van der Waals surface area contributed by atoms with Crippen LogP contribution < -0.4 is 10.2 Å². The summed E-state index contributed by atoms with van der Waals surface area (Å²) in [4.78, 5) is 30.2. The molecule has 1 aliphatic rings. The van der Waals surface area contributed by atoms with Gasteiger partial charge in [0, 0.05) is 44.0 Å². The molecule has 1 atom stereocenters. The van der Waals surface area contributed by atoms with Crippen molar-refractivity contribution in [1.82, 2.24) is 4.90 Å². The Morgan fingerprint density at radius 2 is 1.56 bits per heavy atom. The highest BCUT2D eigenvalue weighted by Crippen LogP contribution is 2.28. The van der Waals surface area contributed by atoms with Crippen LogP contribution in [0.5, 0.6) is 5.75 Å². The Hall–Kier alpha value is -3.84. The molecular weight excluding hydrogens is 430 g/mol. The minimum Gasteiger partial charge on any atom is -0.506 e. The third-order valence-electron chi connectivity index (χ3n) is 6.16. The Morgan fingerprint density at radius 3 is 2.21 bits per heavy atom. The largest absolute Gasteiger partial charge is 0.506 e. The van der Waals surface area contributed by atoms with E-state index >= 15 is 0 Å². The average molecular weight is 460 g/mol. The van der Waals surface area contributed by atoms with Crippen molar-refractivity contribution in [2.24, 2.45) is 0 Å². The molecule has 0 saturated carbocycles. The highest BCUT2D eigenvalue weighted by Gasteiger charge is 2.30. The molecule has 0 aromatic heterocycles. The fourth-order valence-electron chi connectivity index (χ4n) is 4.32. The first-order valence-corrected chi connectivity index (χ1v) is 11.4. The lowest BCUT2D eigenvalue weighted by Crippen LogP contribution is -2.55. The van der Waals surface area contributed by atoms with Crippen molar-refractivity contribution in [3.8, 4) is 5.75 Å². The number of phenols is 1. The predicted molar refractivity (Wildman–Crippen MR) is 133 cm³/mol. The maximum Gasteiger partial charge on any atom is 0.340 e. The smallest absolute Gasteiger partial charge is 0.340 e. The molecule has 7 nitrogen and oxygen atoms in total. The number of anilines is 2. The Morgan fingerprint density at radius 1 is 0.912 bits per heavy atom. The molecule has 1 fully saturated rings.